The van der Waals surface area contributed by atoms with E-state index in [0.717, 1.165) is 30.0 Å². The quantitative estimate of drug-likeness (QED) is 0.622. The van der Waals surface area contributed by atoms with Gasteiger partial charge in [-0.05, 0) is 42.5 Å². The van der Waals surface area contributed by atoms with Gasteiger partial charge in [0.25, 0.3) is 0 Å². The normalized spacial score (nSPS) is 11.8. The van der Waals surface area contributed by atoms with Crippen molar-refractivity contribution in [2.24, 2.45) is 0 Å². The molecule has 0 atom stereocenters. The first-order valence-corrected chi connectivity index (χ1v) is 10.4. The average molecular weight is 466 g/mol. The summed E-state index contributed by atoms with van der Waals surface area (Å²) in [5, 5.41) is 3.05. The van der Waals surface area contributed by atoms with Crippen LogP contribution in [0.15, 0.2) is 47.4 Å². The Kier molecular flexibility index (Phi) is 7.56. The van der Waals surface area contributed by atoms with Crippen LogP contribution in [-0.4, -0.2) is 41.3 Å². The monoisotopic (exact) mass is 465 g/mol. The summed E-state index contributed by atoms with van der Waals surface area (Å²) in [7, 11) is -0.361. The number of hydrogen-bond donors (Lipinski definition) is 2. The van der Waals surface area contributed by atoms with E-state index in [1.807, 2.05) is 19.0 Å². The van der Waals surface area contributed by atoms with E-state index in [9.17, 15) is 26.4 Å². The van der Waals surface area contributed by atoms with Crippen molar-refractivity contribution in [1.29, 1.82) is 0 Å². The van der Waals surface area contributed by atoms with Gasteiger partial charge in [0.05, 0.1) is 15.6 Å². The number of sulfonamides is 1. The molecule has 164 valence electrons. The Balaban J connectivity index is 1.89. The van der Waals surface area contributed by atoms with Gasteiger partial charge in [0.2, 0.25) is 15.9 Å². The van der Waals surface area contributed by atoms with Crippen molar-refractivity contribution >= 4 is 38.9 Å². The molecule has 0 aliphatic carbocycles. The minimum atomic E-state index is -4.87. The Morgan fingerprint density at radius 3 is 2.30 bits per heavy atom. The lowest BCUT2D eigenvalue weighted by Gasteiger charge is -2.15. The molecule has 0 heterocycles. The first-order valence-electron chi connectivity index (χ1n) is 8.49. The smallest absolute Gasteiger partial charge is 0.406 e. The van der Waals surface area contributed by atoms with Gasteiger partial charge in [-0.2, -0.15) is 0 Å². The van der Waals surface area contributed by atoms with Crippen LogP contribution in [0, 0.1) is 0 Å². The summed E-state index contributed by atoms with van der Waals surface area (Å²) < 4.78 is 66.7. The number of hydrogen-bond acceptors (Lipinski definition) is 5. The second-order valence-electron chi connectivity index (χ2n) is 6.28. The van der Waals surface area contributed by atoms with Crippen molar-refractivity contribution in [2.45, 2.75) is 17.7 Å². The largest absolute Gasteiger partial charge is 0.573 e. The van der Waals surface area contributed by atoms with Crippen molar-refractivity contribution in [3.63, 3.8) is 0 Å². The highest BCUT2D eigenvalue weighted by atomic mass is 35.5. The molecule has 0 radical (unpaired) electrons. The van der Waals surface area contributed by atoms with Crippen molar-refractivity contribution in [1.82, 2.24) is 4.72 Å². The summed E-state index contributed by atoms with van der Waals surface area (Å²) in [5.41, 5.74) is 1.23. The number of ether oxygens (including phenoxy) is 1. The molecule has 2 rings (SSSR count). The number of alkyl halides is 3. The SMILES string of the molecule is CN(C)c1ccc(NC(=O)CCNS(=O)(=O)c2ccc(OC(F)(F)F)cc2)cc1Cl. The second-order valence-corrected chi connectivity index (χ2v) is 8.45. The molecule has 1 amide bonds. The number of benzene rings is 2. The summed E-state index contributed by atoms with van der Waals surface area (Å²) in [5.74, 6) is -0.986. The lowest BCUT2D eigenvalue weighted by Crippen LogP contribution is -2.28. The van der Waals surface area contributed by atoms with E-state index in [1.54, 1.807) is 18.2 Å². The standard InChI is InChI=1S/C18H19ClF3N3O4S/c1-25(2)16-8-3-12(11-15(16)19)24-17(26)9-10-23-30(27,28)14-6-4-13(5-7-14)29-18(20,21)22/h3-8,11,23H,9-10H2,1-2H3,(H,24,26). The topological polar surface area (TPSA) is 87.7 Å². The molecule has 0 bridgehead atoms. The zero-order valence-electron chi connectivity index (χ0n) is 16.0. The zero-order valence-corrected chi connectivity index (χ0v) is 17.5. The van der Waals surface area contributed by atoms with Crippen LogP contribution < -0.4 is 19.7 Å². The van der Waals surface area contributed by atoms with Gasteiger partial charge >= 0.3 is 6.36 Å². The molecule has 12 heteroatoms. The molecule has 7 nitrogen and oxygen atoms in total. The number of carbonyl (C=O) groups excluding carboxylic acids is 1. The maximum Gasteiger partial charge on any atom is 0.573 e. The Hall–Kier alpha value is -2.50. The number of halogens is 4. The van der Waals surface area contributed by atoms with Crippen LogP contribution >= 0.6 is 11.6 Å². The number of amides is 1. The van der Waals surface area contributed by atoms with Crippen LogP contribution in [0.25, 0.3) is 0 Å². The molecule has 0 fully saturated rings. The minimum Gasteiger partial charge on any atom is -0.406 e. The highest BCUT2D eigenvalue weighted by molar-refractivity contribution is 7.89. The third-order valence-corrected chi connectivity index (χ3v) is 5.50. The van der Waals surface area contributed by atoms with Crippen molar-refractivity contribution in [3.05, 3.63) is 47.5 Å². The van der Waals surface area contributed by atoms with E-state index in [4.69, 9.17) is 11.6 Å². The first-order chi connectivity index (χ1) is 13.9. The highest BCUT2D eigenvalue weighted by Crippen LogP contribution is 2.27. The maximum atomic E-state index is 12.2. The molecule has 2 aromatic rings. The minimum absolute atomic E-state index is 0.165. The summed E-state index contributed by atoms with van der Waals surface area (Å²) in [6.07, 6.45) is -5.04. The van der Waals surface area contributed by atoms with Gasteiger partial charge in [-0.15, -0.1) is 13.2 Å². The molecular weight excluding hydrogens is 447 g/mol. The fourth-order valence-electron chi connectivity index (χ4n) is 2.37. The highest BCUT2D eigenvalue weighted by Gasteiger charge is 2.31. The van der Waals surface area contributed by atoms with Crippen LogP contribution in [0.5, 0.6) is 5.75 Å². The van der Waals surface area contributed by atoms with E-state index >= 15 is 0 Å². The summed E-state index contributed by atoms with van der Waals surface area (Å²) in [4.78, 5) is 13.6. The molecule has 0 unspecified atom stereocenters. The molecular formula is C18H19ClF3N3O4S. The fourth-order valence-corrected chi connectivity index (χ4v) is 3.75. The average Bonchev–Trinajstić information content (AvgIpc) is 2.60. The molecule has 0 saturated heterocycles. The lowest BCUT2D eigenvalue weighted by atomic mass is 10.2. The summed E-state index contributed by atoms with van der Waals surface area (Å²) >= 11 is 6.13. The van der Waals surface area contributed by atoms with Gasteiger partial charge in [-0.3, -0.25) is 4.79 Å². The van der Waals surface area contributed by atoms with Crippen LogP contribution in [0.4, 0.5) is 24.5 Å². The predicted molar refractivity (Wildman–Crippen MR) is 107 cm³/mol. The third kappa shape index (κ3) is 7.08. The number of nitrogens with zero attached hydrogens (tertiary/aromatic N) is 1. The molecule has 2 N–H and O–H groups in total. The number of rotatable bonds is 8. The van der Waals surface area contributed by atoms with E-state index in [0.29, 0.717) is 10.7 Å². The van der Waals surface area contributed by atoms with Crippen LogP contribution in [0.2, 0.25) is 5.02 Å². The van der Waals surface area contributed by atoms with Gasteiger partial charge in [-0.1, -0.05) is 11.6 Å². The molecule has 2 aromatic carbocycles. The lowest BCUT2D eigenvalue weighted by molar-refractivity contribution is -0.274. The van der Waals surface area contributed by atoms with Gasteiger partial charge in [0.1, 0.15) is 5.75 Å². The van der Waals surface area contributed by atoms with Gasteiger partial charge in [0, 0.05) is 32.7 Å². The Bertz CT molecular complexity index is 997. The fraction of sp³-hybridized carbons (Fsp3) is 0.278. The van der Waals surface area contributed by atoms with Gasteiger partial charge in [0.15, 0.2) is 0 Å². The van der Waals surface area contributed by atoms with Crippen LogP contribution in [0.1, 0.15) is 6.42 Å². The van der Waals surface area contributed by atoms with Gasteiger partial charge in [-0.25, -0.2) is 13.1 Å². The van der Waals surface area contributed by atoms with Crippen LogP contribution in [0.3, 0.4) is 0 Å². The summed E-state index contributed by atoms with van der Waals surface area (Å²) in [6, 6.07) is 8.67. The van der Waals surface area contributed by atoms with Crippen molar-refractivity contribution in [2.75, 3.05) is 30.9 Å². The Labute approximate surface area is 176 Å². The first kappa shape index (κ1) is 23.8. The number of nitrogens with one attached hydrogen (secondary N) is 2. The van der Waals surface area contributed by atoms with Crippen LogP contribution in [-0.2, 0) is 14.8 Å². The van der Waals surface area contributed by atoms with E-state index in [-0.39, 0.29) is 17.9 Å². The summed E-state index contributed by atoms with van der Waals surface area (Å²) in [6.45, 7) is -0.210. The molecule has 0 aliphatic rings. The predicted octanol–water partition coefficient (Wildman–Crippen LogP) is 3.61. The molecule has 0 aromatic heterocycles. The maximum absolute atomic E-state index is 12.2. The molecule has 0 aliphatic heterocycles. The number of anilines is 2. The van der Waals surface area contributed by atoms with Crippen molar-refractivity contribution in [3.8, 4) is 5.75 Å². The third-order valence-electron chi connectivity index (χ3n) is 3.73. The molecule has 30 heavy (non-hydrogen) atoms. The van der Waals surface area contributed by atoms with E-state index in [2.05, 4.69) is 14.8 Å². The Morgan fingerprint density at radius 1 is 1.13 bits per heavy atom. The van der Waals surface area contributed by atoms with Gasteiger partial charge < -0.3 is 15.0 Å². The Morgan fingerprint density at radius 2 is 1.77 bits per heavy atom. The second kappa shape index (κ2) is 9.54. The van der Waals surface area contributed by atoms with E-state index < -0.39 is 28.0 Å². The zero-order chi connectivity index (χ0) is 22.5. The van der Waals surface area contributed by atoms with Crippen molar-refractivity contribution < 1.29 is 31.1 Å². The molecule has 0 spiro atoms. The van der Waals surface area contributed by atoms with E-state index in [1.165, 1.54) is 0 Å². The molecule has 0 saturated carbocycles. The number of carbonyl (C=O) groups is 1.